The molecule has 3 heterocycles. The summed E-state index contributed by atoms with van der Waals surface area (Å²) in [6.07, 6.45) is 5.77. The van der Waals surface area contributed by atoms with Gasteiger partial charge in [0.15, 0.2) is 5.82 Å². The summed E-state index contributed by atoms with van der Waals surface area (Å²) in [6, 6.07) is 18.8. The van der Waals surface area contributed by atoms with Crippen LogP contribution in [-0.2, 0) is 19.0 Å². The van der Waals surface area contributed by atoms with Gasteiger partial charge < -0.3 is 15.1 Å². The summed E-state index contributed by atoms with van der Waals surface area (Å²) in [7, 11) is 1.85. The van der Waals surface area contributed by atoms with Gasteiger partial charge in [-0.1, -0.05) is 30.3 Å². The molecule has 1 atom stereocenters. The summed E-state index contributed by atoms with van der Waals surface area (Å²) in [5.41, 5.74) is 4.75. The number of anilines is 2. The lowest BCUT2D eigenvalue weighted by molar-refractivity contribution is 0.102. The van der Waals surface area contributed by atoms with Crippen LogP contribution in [0.15, 0.2) is 60.8 Å². The summed E-state index contributed by atoms with van der Waals surface area (Å²) >= 11 is 0. The summed E-state index contributed by atoms with van der Waals surface area (Å²) in [5, 5.41) is 7.24. The zero-order valence-corrected chi connectivity index (χ0v) is 19.2. The minimum Gasteiger partial charge on any atom is -0.366 e. The Morgan fingerprint density at radius 3 is 2.73 bits per heavy atom. The van der Waals surface area contributed by atoms with Gasteiger partial charge in [0.2, 0.25) is 0 Å². The number of rotatable bonds is 6. The third kappa shape index (κ3) is 4.04. The normalized spacial score (nSPS) is 22.2. The quantitative estimate of drug-likeness (QED) is 0.627. The van der Waals surface area contributed by atoms with Crippen LogP contribution in [0.1, 0.15) is 40.7 Å². The van der Waals surface area contributed by atoms with Crippen molar-refractivity contribution in [3.63, 3.8) is 0 Å². The zero-order chi connectivity index (χ0) is 22.4. The maximum absolute atomic E-state index is 13.0. The number of nitrogens with one attached hydrogen (secondary N) is 1. The molecule has 1 aromatic heterocycles. The Balaban J connectivity index is 1.30. The highest BCUT2D eigenvalue weighted by molar-refractivity contribution is 6.04. The second-order valence-electron chi connectivity index (χ2n) is 10.1. The van der Waals surface area contributed by atoms with E-state index in [1.165, 1.54) is 36.2 Å². The van der Waals surface area contributed by atoms with Crippen molar-refractivity contribution in [1.29, 1.82) is 0 Å². The van der Waals surface area contributed by atoms with E-state index in [-0.39, 0.29) is 11.3 Å². The van der Waals surface area contributed by atoms with Crippen LogP contribution in [0.3, 0.4) is 0 Å². The van der Waals surface area contributed by atoms with Crippen LogP contribution >= 0.6 is 0 Å². The number of aryl methyl sites for hydroxylation is 1. The van der Waals surface area contributed by atoms with Crippen molar-refractivity contribution in [2.45, 2.75) is 31.2 Å². The number of carbonyl (C=O) groups is 1. The predicted molar refractivity (Wildman–Crippen MR) is 131 cm³/mol. The molecule has 2 aliphatic heterocycles. The van der Waals surface area contributed by atoms with E-state index >= 15 is 0 Å². The predicted octanol–water partition coefficient (Wildman–Crippen LogP) is 4.05. The van der Waals surface area contributed by atoms with Crippen LogP contribution in [0.2, 0.25) is 0 Å². The third-order valence-electron chi connectivity index (χ3n) is 7.48. The smallest absolute Gasteiger partial charge is 0.256 e. The number of carbonyl (C=O) groups excluding carboxylic acids is 1. The zero-order valence-electron chi connectivity index (χ0n) is 19.2. The molecule has 1 N–H and O–H groups in total. The average molecular weight is 442 g/mol. The molecule has 1 amide bonds. The number of benzene rings is 2. The average Bonchev–Trinajstić information content (AvgIpc) is 3.28. The summed E-state index contributed by atoms with van der Waals surface area (Å²) in [4.78, 5) is 18.2. The Morgan fingerprint density at radius 2 is 1.97 bits per heavy atom. The summed E-state index contributed by atoms with van der Waals surface area (Å²) in [5.74, 6) is 1.39. The van der Waals surface area contributed by atoms with Gasteiger partial charge in [-0.3, -0.25) is 9.48 Å². The molecule has 2 aromatic carbocycles. The minimum atomic E-state index is -0.0963. The first-order valence-corrected chi connectivity index (χ1v) is 12.0. The maximum atomic E-state index is 13.0. The van der Waals surface area contributed by atoms with E-state index < -0.39 is 0 Å². The highest BCUT2D eigenvalue weighted by Gasteiger charge is 2.48. The fraction of sp³-hybridized carbons (Fsp3) is 0.407. The molecule has 1 spiro atoms. The Hall–Kier alpha value is -3.12. The van der Waals surface area contributed by atoms with Gasteiger partial charge in [0, 0.05) is 62.2 Å². The van der Waals surface area contributed by atoms with Gasteiger partial charge in [0.1, 0.15) is 0 Å². The van der Waals surface area contributed by atoms with Crippen molar-refractivity contribution in [2.75, 3.05) is 36.4 Å². The molecule has 2 fully saturated rings. The highest BCUT2D eigenvalue weighted by atomic mass is 16.1. The van der Waals surface area contributed by atoms with E-state index in [9.17, 15) is 4.79 Å². The van der Waals surface area contributed by atoms with Crippen molar-refractivity contribution in [2.24, 2.45) is 13.0 Å². The lowest BCUT2D eigenvalue weighted by Crippen LogP contribution is -2.36. The van der Waals surface area contributed by atoms with Crippen molar-refractivity contribution >= 4 is 17.4 Å². The Morgan fingerprint density at radius 1 is 1.12 bits per heavy atom. The largest absolute Gasteiger partial charge is 0.366 e. The lowest BCUT2D eigenvalue weighted by atomic mass is 9.81. The first kappa shape index (κ1) is 20.5. The molecule has 1 aliphatic carbocycles. The second-order valence-corrected chi connectivity index (χ2v) is 10.1. The number of amides is 1. The van der Waals surface area contributed by atoms with E-state index in [1.807, 2.05) is 25.4 Å². The van der Waals surface area contributed by atoms with Gasteiger partial charge in [-0.05, 0) is 61.1 Å². The van der Waals surface area contributed by atoms with Crippen LogP contribution in [-0.4, -0.2) is 46.8 Å². The molecule has 6 nitrogen and oxygen atoms in total. The van der Waals surface area contributed by atoms with Gasteiger partial charge in [0.25, 0.3) is 5.91 Å². The Bertz CT molecular complexity index is 1170. The first-order chi connectivity index (χ1) is 16.1. The molecule has 0 bridgehead atoms. The van der Waals surface area contributed by atoms with E-state index in [1.54, 1.807) is 4.68 Å². The Kier molecular flexibility index (Phi) is 4.98. The molecule has 6 heteroatoms. The lowest BCUT2D eigenvalue weighted by Gasteiger charge is -2.27. The molecule has 3 aromatic rings. The van der Waals surface area contributed by atoms with Crippen molar-refractivity contribution in [3.8, 4) is 0 Å². The number of hydrogen-bond acceptors (Lipinski definition) is 4. The van der Waals surface area contributed by atoms with E-state index in [4.69, 9.17) is 0 Å². The molecule has 1 saturated heterocycles. The topological polar surface area (TPSA) is 53.4 Å². The molecule has 170 valence electrons. The van der Waals surface area contributed by atoms with Gasteiger partial charge in [0.05, 0.1) is 0 Å². The monoisotopic (exact) mass is 441 g/mol. The second kappa shape index (κ2) is 8.03. The van der Waals surface area contributed by atoms with E-state index in [0.717, 1.165) is 38.5 Å². The maximum Gasteiger partial charge on any atom is 0.256 e. The summed E-state index contributed by atoms with van der Waals surface area (Å²) in [6.45, 7) is 5.39. The number of nitrogens with zero attached hydrogens (tertiary/aromatic N) is 4. The SMILES string of the molecule is Cn1ccc(NC(=O)c2ccc3c(c2)C2(CCN(CC4CC4)C2)CN3Cc2ccccc2)n1. The van der Waals surface area contributed by atoms with Crippen LogP contribution < -0.4 is 10.2 Å². The fourth-order valence-corrected chi connectivity index (χ4v) is 5.66. The molecule has 33 heavy (non-hydrogen) atoms. The van der Waals surface area contributed by atoms with Gasteiger partial charge in [-0.25, -0.2) is 0 Å². The first-order valence-electron chi connectivity index (χ1n) is 12.0. The number of likely N-dealkylation sites (tertiary alicyclic amines) is 1. The fourth-order valence-electron chi connectivity index (χ4n) is 5.66. The van der Waals surface area contributed by atoms with Crippen LogP contribution in [0, 0.1) is 5.92 Å². The van der Waals surface area contributed by atoms with E-state index in [0.29, 0.717) is 11.4 Å². The highest BCUT2D eigenvalue weighted by Crippen LogP contribution is 2.48. The standard InChI is InChI=1S/C27H31N5O/c1-30-13-11-25(29-30)28-26(33)22-9-10-24-23(15-22)27(12-14-31(18-27)16-21-7-8-21)19-32(24)17-20-5-3-2-4-6-20/h2-6,9-11,13,15,21H,7-8,12,14,16-19H2,1H3,(H,28,29,33). The van der Waals surface area contributed by atoms with Crippen LogP contribution in [0.5, 0.6) is 0 Å². The molecule has 3 aliphatic rings. The molecule has 1 saturated carbocycles. The van der Waals surface area contributed by atoms with E-state index in [2.05, 4.69) is 62.7 Å². The van der Waals surface area contributed by atoms with Crippen molar-refractivity contribution in [1.82, 2.24) is 14.7 Å². The number of fused-ring (bicyclic) bond motifs is 2. The molecule has 1 unspecified atom stereocenters. The number of hydrogen-bond donors (Lipinski definition) is 1. The number of aromatic nitrogens is 2. The summed E-state index contributed by atoms with van der Waals surface area (Å²) < 4.78 is 1.70. The third-order valence-corrected chi connectivity index (χ3v) is 7.48. The molecular formula is C27H31N5O. The van der Waals surface area contributed by atoms with Crippen LogP contribution in [0.25, 0.3) is 0 Å². The minimum absolute atomic E-state index is 0.0963. The Labute approximate surface area is 195 Å². The molecular weight excluding hydrogens is 410 g/mol. The van der Waals surface area contributed by atoms with Crippen molar-refractivity contribution in [3.05, 3.63) is 77.5 Å². The van der Waals surface area contributed by atoms with Crippen LogP contribution in [0.4, 0.5) is 11.5 Å². The van der Waals surface area contributed by atoms with Gasteiger partial charge >= 0.3 is 0 Å². The molecule has 6 rings (SSSR count). The van der Waals surface area contributed by atoms with Gasteiger partial charge in [-0.15, -0.1) is 0 Å². The van der Waals surface area contributed by atoms with Gasteiger partial charge in [-0.2, -0.15) is 5.10 Å². The molecule has 0 radical (unpaired) electrons. The van der Waals surface area contributed by atoms with Crippen molar-refractivity contribution < 1.29 is 4.79 Å².